The van der Waals surface area contributed by atoms with E-state index < -0.39 is 10.0 Å². The summed E-state index contributed by atoms with van der Waals surface area (Å²) in [6, 6.07) is 10.1. The van der Waals surface area contributed by atoms with Crippen LogP contribution in [0, 0.1) is 23.6 Å². The number of fused-ring (bicyclic) bond motifs is 1. The molecule has 0 saturated heterocycles. The first-order valence-electron chi connectivity index (χ1n) is 11.3. The number of ether oxygens (including phenoxy) is 2. The van der Waals surface area contributed by atoms with Crippen molar-refractivity contribution in [2.24, 2.45) is 17.8 Å². The normalized spacial score (nSPS) is 27.7. The summed E-state index contributed by atoms with van der Waals surface area (Å²) in [4.78, 5) is 4.51. The number of rotatable bonds is 8. The van der Waals surface area contributed by atoms with E-state index in [1.54, 1.807) is 19.4 Å². The number of pyridine rings is 1. The molecule has 0 unspecified atom stereocenters. The predicted molar refractivity (Wildman–Crippen MR) is 126 cm³/mol. The van der Waals surface area contributed by atoms with E-state index in [1.165, 1.54) is 18.4 Å². The smallest absolute Gasteiger partial charge is 0.208 e. The van der Waals surface area contributed by atoms with E-state index in [0.29, 0.717) is 11.8 Å². The zero-order valence-corrected chi connectivity index (χ0v) is 19.8. The van der Waals surface area contributed by atoms with Crippen LogP contribution in [0.5, 0.6) is 0 Å². The quantitative estimate of drug-likeness (QED) is 0.579. The topological polar surface area (TPSA) is 77.5 Å². The number of hydrogen-bond donors (Lipinski definition) is 1. The summed E-state index contributed by atoms with van der Waals surface area (Å²) in [5.74, 6) is 0.615. The number of aromatic nitrogens is 1. The molecule has 5 atom stereocenters. The van der Waals surface area contributed by atoms with Crippen LogP contribution < -0.4 is 4.72 Å². The van der Waals surface area contributed by atoms with Gasteiger partial charge in [0.05, 0.1) is 18.1 Å². The maximum atomic E-state index is 13.5. The number of nitrogens with one attached hydrogen (secondary N) is 1. The minimum atomic E-state index is -3.32. The Morgan fingerprint density at radius 1 is 1.18 bits per heavy atom. The van der Waals surface area contributed by atoms with Crippen molar-refractivity contribution < 1.29 is 22.3 Å². The molecule has 2 aliphatic rings. The molecule has 0 radical (unpaired) electrons. The van der Waals surface area contributed by atoms with E-state index >= 15 is 0 Å². The molecule has 8 heteroatoms. The summed E-state index contributed by atoms with van der Waals surface area (Å²) in [6.45, 7) is 0.285. The Hall–Kier alpha value is -2.13. The molecule has 178 valence electrons. The van der Waals surface area contributed by atoms with Gasteiger partial charge in [-0.1, -0.05) is 24.3 Å². The Bertz CT molecular complexity index is 1070. The van der Waals surface area contributed by atoms with E-state index in [-0.39, 0.29) is 30.7 Å². The molecule has 6 nitrogen and oxygen atoms in total. The lowest BCUT2D eigenvalue weighted by Gasteiger charge is -2.33. The van der Waals surface area contributed by atoms with Crippen molar-refractivity contribution in [2.45, 2.75) is 37.8 Å². The molecule has 2 saturated carbocycles. The molecule has 2 fully saturated rings. The second-order valence-electron chi connectivity index (χ2n) is 9.08. The van der Waals surface area contributed by atoms with Gasteiger partial charge in [0.15, 0.2) is 0 Å². The van der Waals surface area contributed by atoms with Gasteiger partial charge in [0.1, 0.15) is 12.6 Å². The van der Waals surface area contributed by atoms with Crippen molar-refractivity contribution in [3.63, 3.8) is 0 Å². The minimum absolute atomic E-state index is 0.0952. The summed E-state index contributed by atoms with van der Waals surface area (Å²) in [5.41, 5.74) is 2.41. The molecule has 2 aromatic rings. The lowest BCUT2D eigenvalue weighted by molar-refractivity contribution is -0.0930. The highest BCUT2D eigenvalue weighted by Crippen LogP contribution is 2.47. The van der Waals surface area contributed by atoms with E-state index in [4.69, 9.17) is 9.47 Å². The monoisotopic (exact) mass is 474 g/mol. The average Bonchev–Trinajstić information content (AvgIpc) is 3.11. The van der Waals surface area contributed by atoms with Crippen molar-refractivity contribution in [1.29, 1.82) is 0 Å². The molecule has 1 aromatic heterocycles. The second kappa shape index (κ2) is 10.4. The maximum absolute atomic E-state index is 13.5. The summed E-state index contributed by atoms with van der Waals surface area (Å²) < 4.78 is 51.2. The Morgan fingerprint density at radius 2 is 2.03 bits per heavy atom. The first-order valence-corrected chi connectivity index (χ1v) is 13.2. The van der Waals surface area contributed by atoms with Crippen LogP contribution in [-0.4, -0.2) is 45.7 Å². The van der Waals surface area contributed by atoms with Gasteiger partial charge < -0.3 is 9.47 Å². The third-order valence-corrected chi connectivity index (χ3v) is 7.46. The molecule has 0 amide bonds. The molecular formula is C25H31FN2O4S. The molecular weight excluding hydrogens is 443 g/mol. The van der Waals surface area contributed by atoms with Crippen LogP contribution in [0.1, 0.15) is 31.4 Å². The highest BCUT2D eigenvalue weighted by atomic mass is 32.2. The molecule has 0 aliphatic heterocycles. The summed E-state index contributed by atoms with van der Waals surface area (Å²) in [5, 5.41) is 0. The zero-order chi connectivity index (χ0) is 23.4. The lowest BCUT2D eigenvalue weighted by atomic mass is 9.76. The Balaban J connectivity index is 1.49. The third kappa shape index (κ3) is 6.26. The van der Waals surface area contributed by atoms with E-state index in [0.717, 1.165) is 42.5 Å². The predicted octanol–water partition coefficient (Wildman–Crippen LogP) is 4.24. The number of methoxy groups -OCH3 is 1. The van der Waals surface area contributed by atoms with Crippen LogP contribution in [0.4, 0.5) is 4.39 Å². The molecule has 0 bridgehead atoms. The van der Waals surface area contributed by atoms with Crippen molar-refractivity contribution >= 4 is 16.1 Å². The van der Waals surface area contributed by atoms with Crippen molar-refractivity contribution in [1.82, 2.24) is 9.71 Å². The Labute approximate surface area is 195 Å². The van der Waals surface area contributed by atoms with Gasteiger partial charge >= 0.3 is 0 Å². The molecule has 1 heterocycles. The van der Waals surface area contributed by atoms with Gasteiger partial charge in [-0.05, 0) is 73.3 Å². The minimum Gasteiger partial charge on any atom is -0.359 e. The lowest BCUT2D eigenvalue weighted by Crippen LogP contribution is -2.37. The summed E-state index contributed by atoms with van der Waals surface area (Å²) >= 11 is 0. The highest BCUT2D eigenvalue weighted by molar-refractivity contribution is 7.88. The average molecular weight is 475 g/mol. The van der Waals surface area contributed by atoms with Gasteiger partial charge in [0, 0.05) is 24.9 Å². The van der Waals surface area contributed by atoms with Crippen LogP contribution in [0.2, 0.25) is 0 Å². The van der Waals surface area contributed by atoms with E-state index in [2.05, 4.69) is 15.8 Å². The fraction of sp³-hybridized carbons (Fsp3) is 0.480. The first-order chi connectivity index (χ1) is 15.8. The van der Waals surface area contributed by atoms with Crippen LogP contribution in [0.25, 0.3) is 17.2 Å². The van der Waals surface area contributed by atoms with Crippen LogP contribution in [0.15, 0.2) is 48.7 Å². The number of benzene rings is 1. The fourth-order valence-electron chi connectivity index (χ4n) is 5.35. The number of halogens is 1. The molecule has 2 aliphatic carbocycles. The van der Waals surface area contributed by atoms with Gasteiger partial charge in [0.2, 0.25) is 10.0 Å². The maximum Gasteiger partial charge on any atom is 0.208 e. The molecule has 4 rings (SSSR count). The molecule has 1 N–H and O–H groups in total. The van der Waals surface area contributed by atoms with Gasteiger partial charge in [-0.3, -0.25) is 4.98 Å². The summed E-state index contributed by atoms with van der Waals surface area (Å²) in [6.07, 6.45) is 10.8. The largest absolute Gasteiger partial charge is 0.359 e. The van der Waals surface area contributed by atoms with E-state index in [9.17, 15) is 12.8 Å². The van der Waals surface area contributed by atoms with Gasteiger partial charge in [-0.15, -0.1) is 0 Å². The van der Waals surface area contributed by atoms with Crippen molar-refractivity contribution in [3.05, 3.63) is 60.2 Å². The Kier molecular flexibility index (Phi) is 7.58. The van der Waals surface area contributed by atoms with Crippen molar-refractivity contribution in [3.8, 4) is 11.1 Å². The van der Waals surface area contributed by atoms with Gasteiger partial charge in [-0.25, -0.2) is 17.5 Å². The summed E-state index contributed by atoms with van der Waals surface area (Å²) in [7, 11) is -1.70. The number of hydrogen-bond acceptors (Lipinski definition) is 5. The number of nitrogens with zero attached hydrogens (tertiary/aromatic N) is 1. The van der Waals surface area contributed by atoms with Gasteiger partial charge in [-0.2, -0.15) is 0 Å². The van der Waals surface area contributed by atoms with Gasteiger partial charge in [0.25, 0.3) is 0 Å². The van der Waals surface area contributed by atoms with E-state index in [1.807, 2.05) is 24.3 Å². The Morgan fingerprint density at radius 3 is 2.73 bits per heavy atom. The molecule has 1 aromatic carbocycles. The fourth-order valence-corrected chi connectivity index (χ4v) is 6.15. The SMILES string of the molecule is COCO[C@@H]1CC[C@@H]2[C@@H](C1)C[C@H](NS(C)(=O)=O)[C@H]2/C=C/c1ccc(-c2cccc(F)c2)cn1. The highest BCUT2D eigenvalue weighted by Gasteiger charge is 2.45. The van der Waals surface area contributed by atoms with Crippen molar-refractivity contribution in [2.75, 3.05) is 20.2 Å². The standard InChI is InChI=1S/C25H31FN2O4S/c1-31-16-32-22-9-11-23-19(13-22)14-25(28-33(2,29)30)24(23)10-8-21-7-6-18(15-27-21)17-4-3-5-20(26)12-17/h3-8,10,12,15,19,22-25,28H,9,11,13-14,16H2,1-2H3/b10-8+/t19-,22+,23+,24-,25-/m0/s1. The molecule has 0 spiro atoms. The zero-order valence-electron chi connectivity index (χ0n) is 19.0. The van der Waals surface area contributed by atoms with Crippen LogP contribution >= 0.6 is 0 Å². The third-order valence-electron chi connectivity index (χ3n) is 6.73. The van der Waals surface area contributed by atoms with Crippen LogP contribution in [-0.2, 0) is 19.5 Å². The van der Waals surface area contributed by atoms with Crippen LogP contribution in [0.3, 0.4) is 0 Å². The molecule has 33 heavy (non-hydrogen) atoms. The first kappa shape index (κ1) is 24.0. The second-order valence-corrected chi connectivity index (χ2v) is 10.9. The number of sulfonamides is 1.